The summed E-state index contributed by atoms with van der Waals surface area (Å²) in [4.78, 5) is 18.2. The summed E-state index contributed by atoms with van der Waals surface area (Å²) in [5.41, 5.74) is 6.39. The van der Waals surface area contributed by atoms with Crippen molar-refractivity contribution in [2.45, 2.75) is 32.7 Å². The first-order valence-corrected chi connectivity index (χ1v) is 9.43. The van der Waals surface area contributed by atoms with Gasteiger partial charge in [-0.1, -0.05) is 18.2 Å². The maximum Gasteiger partial charge on any atom is 0.217 e. The van der Waals surface area contributed by atoms with Gasteiger partial charge < -0.3 is 16.0 Å². The monoisotopic (exact) mass is 369 g/mol. The molecule has 0 bridgehead atoms. The molecule has 1 fully saturated rings. The Morgan fingerprint density at radius 3 is 2.93 bits per heavy atom. The topological polar surface area (TPSA) is 101 Å². The third-order valence-corrected chi connectivity index (χ3v) is 4.67. The average molecular weight is 369 g/mol. The molecule has 1 aliphatic rings. The second-order valence-electron chi connectivity index (χ2n) is 6.75. The van der Waals surface area contributed by atoms with Gasteiger partial charge in [0.1, 0.15) is 12.9 Å². The van der Waals surface area contributed by atoms with Crippen molar-refractivity contribution in [3.05, 3.63) is 42.5 Å². The number of hydrogen-bond donors (Lipinski definition) is 2. The Bertz CT molecular complexity index is 771. The SMILES string of the molecule is CCNC(=NCc1nncn1-c1ccccc1)N1CCCC(CC(N)=O)C1. The molecule has 8 heteroatoms. The summed E-state index contributed by atoms with van der Waals surface area (Å²) in [5.74, 6) is 1.67. The summed E-state index contributed by atoms with van der Waals surface area (Å²) in [6.07, 6.45) is 4.19. The lowest BCUT2D eigenvalue weighted by atomic mass is 9.95. The molecule has 1 aromatic carbocycles. The molecule has 1 saturated heterocycles. The highest BCUT2D eigenvalue weighted by Crippen LogP contribution is 2.19. The molecule has 2 aromatic rings. The first-order valence-electron chi connectivity index (χ1n) is 9.43. The van der Waals surface area contributed by atoms with Crippen molar-refractivity contribution in [1.29, 1.82) is 0 Å². The number of amides is 1. The fourth-order valence-electron chi connectivity index (χ4n) is 3.45. The second-order valence-corrected chi connectivity index (χ2v) is 6.75. The molecule has 2 heterocycles. The number of para-hydroxylation sites is 1. The average Bonchev–Trinajstić information content (AvgIpc) is 3.14. The van der Waals surface area contributed by atoms with Crippen LogP contribution in [0.3, 0.4) is 0 Å². The van der Waals surface area contributed by atoms with Gasteiger partial charge in [0, 0.05) is 31.7 Å². The van der Waals surface area contributed by atoms with Gasteiger partial charge in [-0.2, -0.15) is 0 Å². The summed E-state index contributed by atoms with van der Waals surface area (Å²) in [6.45, 7) is 4.97. The number of aromatic nitrogens is 3. The first kappa shape index (κ1) is 18.9. The predicted molar refractivity (Wildman–Crippen MR) is 104 cm³/mol. The molecule has 1 aliphatic heterocycles. The molecule has 27 heavy (non-hydrogen) atoms. The molecule has 0 radical (unpaired) electrons. The van der Waals surface area contributed by atoms with Crippen molar-refractivity contribution in [2.75, 3.05) is 19.6 Å². The van der Waals surface area contributed by atoms with E-state index in [9.17, 15) is 4.79 Å². The van der Waals surface area contributed by atoms with E-state index in [2.05, 4.69) is 20.4 Å². The van der Waals surface area contributed by atoms with E-state index >= 15 is 0 Å². The third kappa shape index (κ3) is 5.06. The standard InChI is InChI=1S/C19H27N7O/c1-2-21-19(25-10-6-7-15(13-25)11-17(20)27)22-12-18-24-23-14-26(18)16-8-4-3-5-9-16/h3-5,8-9,14-15H,2,6-7,10-13H2,1H3,(H2,20,27)(H,21,22). The zero-order valence-electron chi connectivity index (χ0n) is 15.7. The molecule has 3 N–H and O–H groups in total. The zero-order chi connectivity index (χ0) is 19.1. The van der Waals surface area contributed by atoms with E-state index < -0.39 is 0 Å². The minimum atomic E-state index is -0.236. The van der Waals surface area contributed by atoms with E-state index in [0.29, 0.717) is 13.0 Å². The molecule has 1 aromatic heterocycles. The molecule has 1 atom stereocenters. The lowest BCUT2D eigenvalue weighted by Crippen LogP contribution is -2.47. The van der Waals surface area contributed by atoms with Gasteiger partial charge in [0.05, 0.1) is 0 Å². The van der Waals surface area contributed by atoms with E-state index in [0.717, 1.165) is 49.9 Å². The second kappa shape index (κ2) is 9.16. The van der Waals surface area contributed by atoms with Crippen LogP contribution in [-0.4, -0.2) is 51.2 Å². The lowest BCUT2D eigenvalue weighted by molar-refractivity contribution is -0.119. The third-order valence-electron chi connectivity index (χ3n) is 4.67. The number of aliphatic imine (C=N–C) groups is 1. The highest BCUT2D eigenvalue weighted by atomic mass is 16.1. The number of guanidine groups is 1. The smallest absolute Gasteiger partial charge is 0.217 e. The number of carbonyl (C=O) groups excluding carboxylic acids is 1. The number of nitrogens with one attached hydrogen (secondary N) is 1. The Kier molecular flexibility index (Phi) is 6.40. The van der Waals surface area contributed by atoms with Gasteiger partial charge in [0.15, 0.2) is 11.8 Å². The van der Waals surface area contributed by atoms with Crippen molar-refractivity contribution in [3.63, 3.8) is 0 Å². The van der Waals surface area contributed by atoms with Gasteiger partial charge in [-0.3, -0.25) is 9.36 Å². The fourth-order valence-corrected chi connectivity index (χ4v) is 3.45. The van der Waals surface area contributed by atoms with Gasteiger partial charge in [0.2, 0.25) is 5.91 Å². The quantitative estimate of drug-likeness (QED) is 0.591. The van der Waals surface area contributed by atoms with E-state index in [-0.39, 0.29) is 11.8 Å². The van der Waals surface area contributed by atoms with Crippen LogP contribution in [0.5, 0.6) is 0 Å². The Balaban J connectivity index is 1.73. The molecule has 3 rings (SSSR count). The molecule has 144 valence electrons. The number of nitrogens with zero attached hydrogens (tertiary/aromatic N) is 5. The number of piperidine rings is 1. The summed E-state index contributed by atoms with van der Waals surface area (Å²) in [7, 11) is 0. The molecule has 1 amide bonds. The molecule has 8 nitrogen and oxygen atoms in total. The first-order chi connectivity index (χ1) is 13.2. The Morgan fingerprint density at radius 2 is 2.19 bits per heavy atom. The molecule has 0 aliphatic carbocycles. The maximum absolute atomic E-state index is 11.3. The highest BCUT2D eigenvalue weighted by Gasteiger charge is 2.23. The van der Waals surface area contributed by atoms with Crippen molar-refractivity contribution in [3.8, 4) is 5.69 Å². The largest absolute Gasteiger partial charge is 0.370 e. The van der Waals surface area contributed by atoms with Crippen molar-refractivity contribution in [1.82, 2.24) is 25.0 Å². The Morgan fingerprint density at radius 1 is 1.37 bits per heavy atom. The van der Waals surface area contributed by atoms with Crippen LogP contribution < -0.4 is 11.1 Å². The highest BCUT2D eigenvalue weighted by molar-refractivity contribution is 5.80. The minimum Gasteiger partial charge on any atom is -0.370 e. The number of likely N-dealkylation sites (tertiary alicyclic amines) is 1. The zero-order valence-corrected chi connectivity index (χ0v) is 15.7. The Labute approximate surface area is 159 Å². The van der Waals surface area contributed by atoms with Crippen molar-refractivity contribution >= 4 is 11.9 Å². The van der Waals surface area contributed by atoms with Crippen molar-refractivity contribution in [2.24, 2.45) is 16.6 Å². The van der Waals surface area contributed by atoms with E-state index in [1.807, 2.05) is 41.8 Å². The van der Waals surface area contributed by atoms with E-state index in [1.54, 1.807) is 6.33 Å². The molecular weight excluding hydrogens is 342 g/mol. The maximum atomic E-state index is 11.3. The van der Waals surface area contributed by atoms with Crippen molar-refractivity contribution < 1.29 is 4.79 Å². The predicted octanol–water partition coefficient (Wildman–Crippen LogP) is 1.32. The van der Waals surface area contributed by atoms with Gasteiger partial charge in [-0.25, -0.2) is 4.99 Å². The fraction of sp³-hybridized carbons (Fsp3) is 0.474. The molecule has 0 saturated carbocycles. The van der Waals surface area contributed by atoms with Gasteiger partial charge in [0.25, 0.3) is 0 Å². The number of hydrogen-bond acceptors (Lipinski definition) is 4. The van der Waals surface area contributed by atoms with E-state index in [4.69, 9.17) is 10.7 Å². The Hall–Kier alpha value is -2.90. The van der Waals surface area contributed by atoms with Crippen LogP contribution in [0.4, 0.5) is 0 Å². The van der Waals surface area contributed by atoms with Crippen LogP contribution in [0.2, 0.25) is 0 Å². The molecule has 0 spiro atoms. The van der Waals surface area contributed by atoms with Crippen LogP contribution >= 0.6 is 0 Å². The molecule has 1 unspecified atom stereocenters. The van der Waals surface area contributed by atoms with Crippen LogP contribution in [0.15, 0.2) is 41.7 Å². The van der Waals surface area contributed by atoms with Gasteiger partial charge in [-0.15, -0.1) is 10.2 Å². The number of benzene rings is 1. The van der Waals surface area contributed by atoms with Gasteiger partial charge >= 0.3 is 0 Å². The normalized spacial score (nSPS) is 17.7. The number of nitrogens with two attached hydrogens (primary N) is 1. The van der Waals surface area contributed by atoms with Crippen LogP contribution in [0, 0.1) is 5.92 Å². The van der Waals surface area contributed by atoms with Crippen LogP contribution in [0.1, 0.15) is 32.0 Å². The summed E-state index contributed by atoms with van der Waals surface area (Å²) in [6, 6.07) is 9.98. The van der Waals surface area contributed by atoms with Gasteiger partial charge in [-0.05, 0) is 37.8 Å². The number of primary amides is 1. The minimum absolute atomic E-state index is 0.236. The summed E-state index contributed by atoms with van der Waals surface area (Å²) >= 11 is 0. The lowest BCUT2D eigenvalue weighted by Gasteiger charge is -2.34. The summed E-state index contributed by atoms with van der Waals surface area (Å²) in [5, 5.41) is 11.6. The number of rotatable bonds is 6. The van der Waals surface area contributed by atoms with Crippen LogP contribution in [-0.2, 0) is 11.3 Å². The van der Waals surface area contributed by atoms with Crippen LogP contribution in [0.25, 0.3) is 5.69 Å². The van der Waals surface area contributed by atoms with E-state index in [1.165, 1.54) is 0 Å². The summed E-state index contributed by atoms with van der Waals surface area (Å²) < 4.78 is 1.94. The molecular formula is C19H27N7O. The number of carbonyl (C=O) groups is 1.